The summed E-state index contributed by atoms with van der Waals surface area (Å²) >= 11 is 1.02. The van der Waals surface area contributed by atoms with Crippen LogP contribution in [-0.2, 0) is 21.2 Å². The van der Waals surface area contributed by atoms with E-state index in [2.05, 4.69) is 13.5 Å². The molecule has 0 fully saturated rings. The normalized spacial score (nSPS) is 12.4. The van der Waals surface area contributed by atoms with Crippen molar-refractivity contribution in [2.45, 2.75) is 37.0 Å². The lowest BCUT2D eigenvalue weighted by Gasteiger charge is -2.18. The van der Waals surface area contributed by atoms with Gasteiger partial charge in [0.15, 0.2) is 5.75 Å². The number of nitrogens with zero attached hydrogens (tertiary/aromatic N) is 3. The number of hydrogen-bond donors (Lipinski definition) is 1. The highest BCUT2D eigenvalue weighted by atomic mass is 32.2. The number of benzene rings is 3. The summed E-state index contributed by atoms with van der Waals surface area (Å²) in [6.45, 7) is 3.99. The van der Waals surface area contributed by atoms with Crippen LogP contribution in [0.4, 0.5) is 5.69 Å². The largest absolute Gasteiger partial charge is 0.490 e. The van der Waals surface area contributed by atoms with Crippen molar-refractivity contribution in [3.63, 3.8) is 0 Å². The molecule has 0 aliphatic carbocycles. The van der Waals surface area contributed by atoms with Crippen molar-refractivity contribution < 1.29 is 22.9 Å². The summed E-state index contributed by atoms with van der Waals surface area (Å²) in [4.78, 5) is 24.3. The first-order valence-electron chi connectivity index (χ1n) is 11.3. The Bertz CT molecular complexity index is 1570. The molecule has 1 N–H and O–H groups in total. The number of rotatable bonds is 9. The number of fused-ring (bicyclic) bond motifs is 1. The van der Waals surface area contributed by atoms with Crippen molar-refractivity contribution in [1.82, 2.24) is 13.5 Å². The van der Waals surface area contributed by atoms with Gasteiger partial charge in [-0.15, -0.1) is 0 Å². The standard InChI is InChI=1S/C25H24N4O6S2/c1-15(2)17-5-8-19(9-6-17)37(33,34)28-25(30)20(18-7-10-21-22(14-18)27-36-26-21)12-16-4-11-24(35-3)23(13-16)29(31)32/h4-11,13-15,20H,12H2,1-3H3,(H,28,30). The van der Waals surface area contributed by atoms with Crippen molar-refractivity contribution >= 4 is 44.4 Å². The van der Waals surface area contributed by atoms with Gasteiger partial charge in [0.05, 0.1) is 34.6 Å². The molecule has 10 nitrogen and oxygen atoms in total. The third-order valence-electron chi connectivity index (χ3n) is 5.97. The minimum absolute atomic E-state index is 0.00153. The topological polar surface area (TPSA) is 141 Å². The highest BCUT2D eigenvalue weighted by Gasteiger charge is 2.28. The molecule has 12 heteroatoms. The molecular weight excluding hydrogens is 516 g/mol. The van der Waals surface area contributed by atoms with Crippen molar-refractivity contribution in [3.05, 3.63) is 87.5 Å². The zero-order chi connectivity index (χ0) is 26.7. The van der Waals surface area contributed by atoms with Crippen molar-refractivity contribution in [3.8, 4) is 5.75 Å². The van der Waals surface area contributed by atoms with Crippen LogP contribution in [0.3, 0.4) is 0 Å². The number of amides is 1. The number of methoxy groups -OCH3 is 1. The lowest BCUT2D eigenvalue weighted by molar-refractivity contribution is -0.385. The van der Waals surface area contributed by atoms with Crippen molar-refractivity contribution in [1.29, 1.82) is 0 Å². The predicted molar refractivity (Wildman–Crippen MR) is 139 cm³/mol. The maximum atomic E-state index is 13.4. The summed E-state index contributed by atoms with van der Waals surface area (Å²) < 4.78 is 41.7. The first-order chi connectivity index (χ1) is 17.6. The smallest absolute Gasteiger partial charge is 0.311 e. The molecule has 4 aromatic rings. The number of nitro groups is 1. The van der Waals surface area contributed by atoms with Crippen LogP contribution in [0.25, 0.3) is 11.0 Å². The molecule has 1 atom stereocenters. The van der Waals surface area contributed by atoms with Crippen LogP contribution in [-0.4, -0.2) is 35.1 Å². The van der Waals surface area contributed by atoms with Crippen LogP contribution in [0.5, 0.6) is 5.75 Å². The van der Waals surface area contributed by atoms with E-state index in [0.717, 1.165) is 17.3 Å². The Hall–Kier alpha value is -3.90. The molecule has 0 saturated heterocycles. The third-order valence-corrected chi connectivity index (χ3v) is 7.89. The number of aromatic nitrogens is 2. The maximum Gasteiger partial charge on any atom is 0.311 e. The SMILES string of the molecule is COc1ccc(CC(C(=O)NS(=O)(=O)c2ccc(C(C)C)cc2)c2ccc3nsnc3c2)cc1[N+](=O)[O-]. The first kappa shape index (κ1) is 26.2. The Morgan fingerprint density at radius 3 is 2.35 bits per heavy atom. The van der Waals surface area contributed by atoms with Gasteiger partial charge < -0.3 is 4.74 Å². The number of ether oxygens (including phenoxy) is 1. The monoisotopic (exact) mass is 540 g/mol. The van der Waals surface area contributed by atoms with Gasteiger partial charge in [-0.25, -0.2) is 13.1 Å². The molecule has 192 valence electrons. The molecule has 37 heavy (non-hydrogen) atoms. The summed E-state index contributed by atoms with van der Waals surface area (Å²) in [5.74, 6) is -1.45. The molecule has 4 rings (SSSR count). The fourth-order valence-electron chi connectivity index (χ4n) is 3.91. The maximum absolute atomic E-state index is 13.4. The number of nitro benzene ring substituents is 1. The van der Waals surface area contributed by atoms with Gasteiger partial charge >= 0.3 is 5.69 Å². The fraction of sp³-hybridized carbons (Fsp3) is 0.240. The summed E-state index contributed by atoms with van der Waals surface area (Å²) in [6.07, 6.45) is 0.00153. The molecular formula is C25H24N4O6S2. The van der Waals surface area contributed by atoms with E-state index >= 15 is 0 Å². The van der Waals surface area contributed by atoms with Gasteiger partial charge in [-0.1, -0.05) is 38.1 Å². The van der Waals surface area contributed by atoms with E-state index in [4.69, 9.17) is 4.74 Å². The van der Waals surface area contributed by atoms with E-state index in [1.165, 1.54) is 31.4 Å². The van der Waals surface area contributed by atoms with Crippen molar-refractivity contribution in [2.24, 2.45) is 0 Å². The molecule has 1 amide bonds. The second kappa shape index (κ2) is 10.6. The molecule has 1 heterocycles. The molecule has 1 aromatic heterocycles. The highest BCUT2D eigenvalue weighted by molar-refractivity contribution is 7.90. The second-order valence-corrected chi connectivity index (χ2v) is 10.9. The lowest BCUT2D eigenvalue weighted by atomic mass is 9.91. The minimum atomic E-state index is -4.16. The lowest BCUT2D eigenvalue weighted by Crippen LogP contribution is -2.35. The van der Waals surface area contributed by atoms with Gasteiger partial charge in [0.25, 0.3) is 10.0 Å². The molecule has 0 spiro atoms. The number of nitrogens with one attached hydrogen (secondary N) is 1. The number of sulfonamides is 1. The Morgan fingerprint density at radius 1 is 1.03 bits per heavy atom. The van der Waals surface area contributed by atoms with Gasteiger partial charge in [-0.05, 0) is 59.4 Å². The zero-order valence-electron chi connectivity index (χ0n) is 20.2. The first-order valence-corrected chi connectivity index (χ1v) is 13.5. The van der Waals surface area contributed by atoms with Gasteiger partial charge in [0.2, 0.25) is 5.91 Å². The average molecular weight is 541 g/mol. The van der Waals surface area contributed by atoms with E-state index in [1.807, 2.05) is 13.8 Å². The number of hydrogen-bond acceptors (Lipinski definition) is 9. The van der Waals surface area contributed by atoms with E-state index in [0.29, 0.717) is 22.2 Å². The van der Waals surface area contributed by atoms with E-state index < -0.39 is 26.8 Å². The Labute approximate surface area is 217 Å². The number of carbonyl (C=O) groups is 1. The van der Waals surface area contributed by atoms with Crippen LogP contribution in [0, 0.1) is 10.1 Å². The third kappa shape index (κ3) is 5.75. The molecule has 0 aliphatic heterocycles. The molecule has 0 bridgehead atoms. The Kier molecular flexibility index (Phi) is 7.50. The minimum Gasteiger partial charge on any atom is -0.490 e. The van der Waals surface area contributed by atoms with Gasteiger partial charge in [-0.3, -0.25) is 14.9 Å². The van der Waals surface area contributed by atoms with Crippen LogP contribution in [0.1, 0.15) is 42.4 Å². The molecule has 3 aromatic carbocycles. The van der Waals surface area contributed by atoms with Gasteiger partial charge in [0, 0.05) is 6.07 Å². The number of carbonyl (C=O) groups excluding carboxylic acids is 1. The molecule has 0 aliphatic rings. The van der Waals surface area contributed by atoms with Crippen LogP contribution in [0.2, 0.25) is 0 Å². The van der Waals surface area contributed by atoms with Crippen LogP contribution in [0.15, 0.2) is 65.6 Å². The summed E-state index contributed by atoms with van der Waals surface area (Å²) in [6, 6.07) is 15.8. The fourth-order valence-corrected chi connectivity index (χ4v) is 5.45. The Morgan fingerprint density at radius 2 is 1.70 bits per heavy atom. The van der Waals surface area contributed by atoms with Gasteiger partial charge in [0.1, 0.15) is 11.0 Å². The average Bonchev–Trinajstić information content (AvgIpc) is 3.34. The Balaban J connectivity index is 1.69. The predicted octanol–water partition coefficient (Wildman–Crippen LogP) is 4.56. The van der Waals surface area contributed by atoms with E-state index in [-0.39, 0.29) is 28.7 Å². The van der Waals surface area contributed by atoms with Gasteiger partial charge in [-0.2, -0.15) is 8.75 Å². The zero-order valence-corrected chi connectivity index (χ0v) is 21.9. The van der Waals surface area contributed by atoms with Crippen LogP contribution >= 0.6 is 11.7 Å². The van der Waals surface area contributed by atoms with Crippen molar-refractivity contribution in [2.75, 3.05) is 7.11 Å². The van der Waals surface area contributed by atoms with E-state index in [1.54, 1.807) is 36.4 Å². The van der Waals surface area contributed by atoms with E-state index in [9.17, 15) is 23.3 Å². The molecule has 0 saturated carbocycles. The molecule has 0 radical (unpaired) electrons. The summed E-state index contributed by atoms with van der Waals surface area (Å²) in [7, 11) is -2.84. The second-order valence-electron chi connectivity index (χ2n) is 8.73. The molecule has 1 unspecified atom stereocenters. The summed E-state index contributed by atoms with van der Waals surface area (Å²) in [5.41, 5.74) is 2.88. The quantitative estimate of drug-likeness (QED) is 0.240. The van der Waals surface area contributed by atoms with Crippen LogP contribution < -0.4 is 9.46 Å². The summed E-state index contributed by atoms with van der Waals surface area (Å²) in [5, 5.41) is 11.5. The highest BCUT2D eigenvalue weighted by Crippen LogP contribution is 2.31.